The Hall–Kier alpha value is -5.55. The molecule has 6 aromatic carbocycles. The van der Waals surface area contributed by atoms with Gasteiger partial charge in [-0.3, -0.25) is 0 Å². The normalized spacial score (nSPS) is 16.3. The van der Waals surface area contributed by atoms with Crippen LogP contribution in [0.1, 0.15) is 32.6 Å². The predicted octanol–water partition coefficient (Wildman–Crippen LogP) is 9.20. The maximum absolute atomic E-state index is 13.3. The fourth-order valence-corrected chi connectivity index (χ4v) is 6.20. The van der Waals surface area contributed by atoms with Crippen LogP contribution in [0.4, 0.5) is 22.7 Å². The lowest BCUT2D eigenvalue weighted by atomic mass is 9.77. The number of anilines is 4. The molecule has 2 N–H and O–H groups in total. The van der Waals surface area contributed by atoms with Crippen molar-refractivity contribution in [3.63, 3.8) is 0 Å². The molecule has 1 atom stereocenters. The van der Waals surface area contributed by atoms with Gasteiger partial charge in [-0.15, -0.1) is 0 Å². The van der Waals surface area contributed by atoms with Crippen molar-refractivity contribution in [1.82, 2.24) is 0 Å². The second-order valence-electron chi connectivity index (χ2n) is 10.7. The summed E-state index contributed by atoms with van der Waals surface area (Å²) in [6, 6.07) is 42.2. The molecule has 0 bridgehead atoms. The monoisotopic (exact) mass is 546 g/mol. The van der Waals surface area contributed by atoms with Crippen molar-refractivity contribution >= 4 is 39.5 Å². The van der Waals surface area contributed by atoms with Crippen molar-refractivity contribution < 1.29 is 14.3 Å². The Morgan fingerprint density at radius 3 is 2.24 bits per heavy atom. The second-order valence-corrected chi connectivity index (χ2v) is 10.7. The van der Waals surface area contributed by atoms with E-state index in [0.717, 1.165) is 55.8 Å². The molecule has 2 aliphatic rings. The minimum atomic E-state index is -1.14. The number of benzene rings is 6. The molecule has 0 saturated heterocycles. The molecule has 0 amide bonds. The summed E-state index contributed by atoms with van der Waals surface area (Å²) in [5, 5.41) is 9.40. The number of carbonyl (C=O) groups excluding carboxylic acids is 1. The van der Waals surface area contributed by atoms with Gasteiger partial charge in [-0.05, 0) is 66.4 Å². The summed E-state index contributed by atoms with van der Waals surface area (Å²) in [4.78, 5) is 13.3. The summed E-state index contributed by atoms with van der Waals surface area (Å²) in [6.07, 6.45) is 0. The number of fused-ring (bicyclic) bond motifs is 7. The van der Waals surface area contributed by atoms with Crippen LogP contribution in [0.3, 0.4) is 0 Å². The highest BCUT2D eigenvalue weighted by Gasteiger charge is 2.53. The molecule has 6 aromatic rings. The maximum atomic E-state index is 13.3. The second kappa shape index (κ2) is 9.25. The minimum absolute atomic E-state index is 0.347. The van der Waals surface area contributed by atoms with E-state index >= 15 is 0 Å². The summed E-state index contributed by atoms with van der Waals surface area (Å²) >= 11 is 0. The van der Waals surface area contributed by atoms with Crippen molar-refractivity contribution in [2.75, 3.05) is 10.6 Å². The van der Waals surface area contributed by atoms with Gasteiger partial charge >= 0.3 is 5.97 Å². The van der Waals surface area contributed by atoms with Crippen molar-refractivity contribution in [1.29, 1.82) is 0 Å². The van der Waals surface area contributed by atoms with Gasteiger partial charge in [0.15, 0.2) is 5.60 Å². The van der Waals surface area contributed by atoms with Crippen LogP contribution in [0.25, 0.3) is 10.8 Å². The third kappa shape index (κ3) is 3.67. The van der Waals surface area contributed by atoms with Crippen LogP contribution < -0.4 is 15.4 Å². The average molecular weight is 547 g/mol. The third-order valence-corrected chi connectivity index (χ3v) is 8.18. The van der Waals surface area contributed by atoms with Gasteiger partial charge in [-0.2, -0.15) is 0 Å². The SMILES string of the molecule is Cc1cc2c(cc1Nc1ccccc1)C1(OC(=O)c3ccccc31)c1ccc(Nc3cccc4ccccc34)cc1O2. The highest BCUT2D eigenvalue weighted by Crippen LogP contribution is 2.57. The van der Waals surface area contributed by atoms with Gasteiger partial charge in [0.05, 0.1) is 5.56 Å². The van der Waals surface area contributed by atoms with Gasteiger partial charge in [0, 0.05) is 50.9 Å². The quantitative estimate of drug-likeness (QED) is 0.216. The zero-order valence-corrected chi connectivity index (χ0v) is 22.8. The number of hydrogen-bond acceptors (Lipinski definition) is 5. The number of aryl methyl sites for hydroxylation is 1. The number of para-hydroxylation sites is 1. The molecule has 0 saturated carbocycles. The highest BCUT2D eigenvalue weighted by atomic mass is 16.6. The molecule has 2 aliphatic heterocycles. The molecular formula is C37H26N2O3. The number of esters is 1. The lowest BCUT2D eigenvalue weighted by molar-refractivity contribution is 0.0224. The van der Waals surface area contributed by atoms with Crippen LogP contribution >= 0.6 is 0 Å². The molecule has 5 nitrogen and oxygen atoms in total. The minimum Gasteiger partial charge on any atom is -0.456 e. The number of rotatable bonds is 4. The Morgan fingerprint density at radius 2 is 1.33 bits per heavy atom. The summed E-state index contributed by atoms with van der Waals surface area (Å²) < 4.78 is 13.0. The molecule has 5 heteroatoms. The van der Waals surface area contributed by atoms with E-state index in [9.17, 15) is 4.79 Å². The van der Waals surface area contributed by atoms with E-state index < -0.39 is 5.60 Å². The number of hydrogen-bond donors (Lipinski definition) is 2. The summed E-state index contributed by atoms with van der Waals surface area (Å²) in [7, 11) is 0. The topological polar surface area (TPSA) is 59.6 Å². The van der Waals surface area contributed by atoms with E-state index in [-0.39, 0.29) is 5.97 Å². The molecule has 1 unspecified atom stereocenters. The molecule has 202 valence electrons. The Morgan fingerprint density at radius 1 is 0.595 bits per heavy atom. The fourth-order valence-electron chi connectivity index (χ4n) is 6.20. The molecule has 0 aromatic heterocycles. The molecule has 1 spiro atoms. The molecule has 0 aliphatic carbocycles. The van der Waals surface area contributed by atoms with E-state index in [1.165, 1.54) is 0 Å². The van der Waals surface area contributed by atoms with Crippen molar-refractivity contribution in [3.8, 4) is 11.5 Å². The third-order valence-electron chi connectivity index (χ3n) is 8.18. The van der Waals surface area contributed by atoms with Gasteiger partial charge in [0.25, 0.3) is 0 Å². The van der Waals surface area contributed by atoms with Crippen molar-refractivity contribution in [2.45, 2.75) is 12.5 Å². The largest absolute Gasteiger partial charge is 0.456 e. The number of ether oxygens (including phenoxy) is 2. The molecule has 42 heavy (non-hydrogen) atoms. The van der Waals surface area contributed by atoms with Crippen molar-refractivity contribution in [3.05, 3.63) is 155 Å². The summed E-state index contributed by atoms with van der Waals surface area (Å²) in [6.45, 7) is 2.05. The molecule has 0 fully saturated rings. The van der Waals surface area contributed by atoms with Gasteiger partial charge in [0.1, 0.15) is 11.5 Å². The van der Waals surface area contributed by atoms with Crippen molar-refractivity contribution in [2.24, 2.45) is 0 Å². The molecule has 0 radical (unpaired) electrons. The van der Waals surface area contributed by atoms with Crippen LogP contribution in [-0.4, -0.2) is 5.97 Å². The first-order valence-corrected chi connectivity index (χ1v) is 14.0. The zero-order valence-electron chi connectivity index (χ0n) is 22.8. The number of nitrogens with one attached hydrogen (secondary N) is 2. The Labute approximate surface area is 243 Å². The van der Waals surface area contributed by atoms with E-state index in [4.69, 9.17) is 9.47 Å². The fraction of sp³-hybridized carbons (Fsp3) is 0.0541. The smallest absolute Gasteiger partial charge is 0.340 e. The van der Waals surface area contributed by atoms with E-state index in [2.05, 4.69) is 41.0 Å². The van der Waals surface area contributed by atoms with Gasteiger partial charge in [-0.1, -0.05) is 72.8 Å². The Kier molecular flexibility index (Phi) is 5.34. The Balaban J connectivity index is 1.29. The molecular weight excluding hydrogens is 520 g/mol. The zero-order chi connectivity index (χ0) is 28.3. The van der Waals surface area contributed by atoms with Gasteiger partial charge in [-0.25, -0.2) is 4.79 Å². The Bertz CT molecular complexity index is 2030. The number of carbonyl (C=O) groups is 1. The van der Waals surface area contributed by atoms with Crippen LogP contribution in [0.5, 0.6) is 11.5 Å². The van der Waals surface area contributed by atoms with E-state index in [1.54, 1.807) is 0 Å². The van der Waals surface area contributed by atoms with E-state index in [1.807, 2.05) is 104 Å². The first-order chi connectivity index (χ1) is 20.6. The standard InChI is InChI=1S/C37H26N2O3/c1-23-20-34-31(22-33(23)38-25-12-3-2-4-13-25)37(29-16-8-7-15-28(29)36(40)42-37)30-19-18-26(21-35(30)41-34)39-32-17-9-11-24-10-5-6-14-27(24)32/h2-22,38-39H,1H3. The maximum Gasteiger partial charge on any atom is 0.340 e. The lowest BCUT2D eigenvalue weighted by Gasteiger charge is -2.37. The van der Waals surface area contributed by atoms with Crippen LogP contribution in [-0.2, 0) is 10.3 Å². The van der Waals surface area contributed by atoms with E-state index in [0.29, 0.717) is 17.1 Å². The molecule has 2 heterocycles. The first-order valence-electron chi connectivity index (χ1n) is 14.0. The van der Waals surface area contributed by atoms with Gasteiger partial charge in [0.2, 0.25) is 0 Å². The highest BCUT2D eigenvalue weighted by molar-refractivity contribution is 5.98. The first kappa shape index (κ1) is 24.3. The lowest BCUT2D eigenvalue weighted by Crippen LogP contribution is -2.33. The van der Waals surface area contributed by atoms with Gasteiger partial charge < -0.3 is 20.1 Å². The summed E-state index contributed by atoms with van der Waals surface area (Å²) in [5.74, 6) is 0.950. The predicted molar refractivity (Wildman–Crippen MR) is 166 cm³/mol. The van der Waals surface area contributed by atoms with Crippen LogP contribution in [0.2, 0.25) is 0 Å². The van der Waals surface area contributed by atoms with Crippen LogP contribution in [0, 0.1) is 6.92 Å². The summed E-state index contributed by atoms with van der Waals surface area (Å²) in [5.41, 5.74) is 6.58. The molecule has 8 rings (SSSR count). The van der Waals surface area contributed by atoms with Crippen LogP contribution in [0.15, 0.2) is 127 Å². The average Bonchev–Trinajstić information content (AvgIpc) is 3.31.